The normalized spacial score (nSPS) is 16.8. The van der Waals surface area contributed by atoms with Gasteiger partial charge in [0.25, 0.3) is 5.60 Å². The van der Waals surface area contributed by atoms with Crippen molar-refractivity contribution in [2.75, 3.05) is 14.2 Å². The van der Waals surface area contributed by atoms with E-state index >= 15 is 0 Å². The van der Waals surface area contributed by atoms with Crippen LogP contribution in [0, 0.1) is 0 Å². The first-order valence-electron chi connectivity index (χ1n) is 5.66. The number of allylic oxidation sites excluding steroid dienone is 1. The van der Waals surface area contributed by atoms with Crippen molar-refractivity contribution in [1.82, 2.24) is 0 Å². The first-order chi connectivity index (χ1) is 8.07. The minimum Gasteiger partial charge on any atom is -0.466 e. The summed E-state index contributed by atoms with van der Waals surface area (Å²) in [4.78, 5) is 23.3. The van der Waals surface area contributed by atoms with Crippen LogP contribution in [0.25, 0.3) is 0 Å². The highest BCUT2D eigenvalue weighted by atomic mass is 16.6. The van der Waals surface area contributed by atoms with Crippen molar-refractivity contribution in [2.45, 2.75) is 37.7 Å². The summed E-state index contributed by atoms with van der Waals surface area (Å²) in [5, 5.41) is 10.3. The average molecular weight is 242 g/mol. The minimum atomic E-state index is -2.28. The quantitative estimate of drug-likeness (QED) is 0.453. The van der Waals surface area contributed by atoms with E-state index in [4.69, 9.17) is 0 Å². The molecule has 0 saturated heterocycles. The molecule has 0 amide bonds. The fourth-order valence-corrected chi connectivity index (χ4v) is 1.98. The number of hydrogen-bond donors (Lipinski definition) is 1. The van der Waals surface area contributed by atoms with E-state index in [0.717, 1.165) is 39.9 Å². The fourth-order valence-electron chi connectivity index (χ4n) is 1.98. The molecule has 0 fully saturated rings. The molecule has 0 saturated carbocycles. The predicted molar refractivity (Wildman–Crippen MR) is 60.1 cm³/mol. The Morgan fingerprint density at radius 1 is 1.18 bits per heavy atom. The molecular weight excluding hydrogens is 224 g/mol. The second kappa shape index (κ2) is 5.82. The van der Waals surface area contributed by atoms with Gasteiger partial charge in [0.05, 0.1) is 14.2 Å². The molecule has 0 aromatic carbocycles. The maximum absolute atomic E-state index is 11.6. The van der Waals surface area contributed by atoms with Crippen LogP contribution in [-0.2, 0) is 19.1 Å². The number of aliphatic hydroxyl groups is 1. The van der Waals surface area contributed by atoms with Gasteiger partial charge in [-0.2, -0.15) is 0 Å². The largest absolute Gasteiger partial charge is 0.466 e. The van der Waals surface area contributed by atoms with Gasteiger partial charge in [0.15, 0.2) is 0 Å². The van der Waals surface area contributed by atoms with E-state index in [2.05, 4.69) is 9.47 Å². The van der Waals surface area contributed by atoms with Crippen LogP contribution in [0.3, 0.4) is 0 Å². The number of hydrogen-bond acceptors (Lipinski definition) is 5. The number of methoxy groups -OCH3 is 2. The van der Waals surface area contributed by atoms with Crippen molar-refractivity contribution in [3.63, 3.8) is 0 Å². The zero-order chi connectivity index (χ0) is 12.9. The van der Waals surface area contributed by atoms with Crippen LogP contribution in [0.2, 0.25) is 0 Å². The predicted octanol–water partition coefficient (Wildman–Crippen LogP) is 0.954. The first-order valence-corrected chi connectivity index (χ1v) is 5.66. The van der Waals surface area contributed by atoms with Crippen LogP contribution >= 0.6 is 0 Å². The molecule has 96 valence electrons. The zero-order valence-electron chi connectivity index (χ0n) is 10.2. The Hall–Kier alpha value is -1.36. The average Bonchev–Trinajstić information content (AvgIpc) is 2.64. The van der Waals surface area contributed by atoms with Gasteiger partial charge in [0, 0.05) is 0 Å². The fraction of sp³-hybridized carbons (Fsp3) is 0.667. The molecule has 5 nitrogen and oxygen atoms in total. The number of rotatable bonds is 3. The van der Waals surface area contributed by atoms with Crippen LogP contribution in [0.4, 0.5) is 0 Å². The van der Waals surface area contributed by atoms with Crippen LogP contribution < -0.4 is 0 Å². The Balaban J connectivity index is 3.08. The lowest BCUT2D eigenvalue weighted by Gasteiger charge is -2.25. The molecule has 0 aliphatic heterocycles. The highest BCUT2D eigenvalue weighted by Crippen LogP contribution is 2.29. The van der Waals surface area contributed by atoms with E-state index in [-0.39, 0.29) is 0 Å². The molecule has 0 heterocycles. The summed E-state index contributed by atoms with van der Waals surface area (Å²) in [5.74, 6) is -1.98. The molecule has 1 N–H and O–H groups in total. The number of carbonyl (C=O) groups is 2. The molecule has 0 aromatic heterocycles. The Kier molecular flexibility index (Phi) is 4.69. The third kappa shape index (κ3) is 2.66. The molecule has 1 aliphatic rings. The Morgan fingerprint density at radius 2 is 1.76 bits per heavy atom. The molecule has 0 atom stereocenters. The maximum atomic E-state index is 11.6. The Morgan fingerprint density at radius 3 is 2.29 bits per heavy atom. The summed E-state index contributed by atoms with van der Waals surface area (Å²) in [6.45, 7) is 0. The maximum Gasteiger partial charge on any atom is 0.354 e. The smallest absolute Gasteiger partial charge is 0.354 e. The van der Waals surface area contributed by atoms with E-state index in [9.17, 15) is 14.7 Å². The van der Waals surface area contributed by atoms with Gasteiger partial charge in [-0.05, 0) is 31.3 Å². The molecule has 0 aromatic rings. The van der Waals surface area contributed by atoms with E-state index in [0.29, 0.717) is 12.0 Å². The van der Waals surface area contributed by atoms with Gasteiger partial charge in [0.1, 0.15) is 0 Å². The summed E-state index contributed by atoms with van der Waals surface area (Å²) in [6, 6.07) is 0. The lowest BCUT2D eigenvalue weighted by Crippen LogP contribution is -2.49. The van der Waals surface area contributed by atoms with Crippen molar-refractivity contribution in [3.05, 3.63) is 11.6 Å². The molecule has 0 radical (unpaired) electrons. The second-order valence-corrected chi connectivity index (χ2v) is 4.02. The van der Waals surface area contributed by atoms with Gasteiger partial charge >= 0.3 is 11.9 Å². The van der Waals surface area contributed by atoms with Gasteiger partial charge in [-0.25, -0.2) is 9.59 Å². The molecule has 0 bridgehead atoms. The highest BCUT2D eigenvalue weighted by Gasteiger charge is 2.49. The van der Waals surface area contributed by atoms with Crippen molar-refractivity contribution < 1.29 is 24.2 Å². The lowest BCUT2D eigenvalue weighted by atomic mass is 9.90. The number of ether oxygens (including phenoxy) is 2. The third-order valence-corrected chi connectivity index (χ3v) is 2.97. The van der Waals surface area contributed by atoms with Crippen LogP contribution in [0.1, 0.15) is 32.1 Å². The van der Waals surface area contributed by atoms with Crippen LogP contribution in [0.5, 0.6) is 0 Å². The van der Waals surface area contributed by atoms with Crippen molar-refractivity contribution in [2.24, 2.45) is 0 Å². The minimum absolute atomic E-state index is 0.383. The SMILES string of the molecule is COC(=O)C(O)(C(=O)OC)C1=CCCCCC1. The van der Waals surface area contributed by atoms with E-state index in [1.165, 1.54) is 0 Å². The molecule has 17 heavy (non-hydrogen) atoms. The van der Waals surface area contributed by atoms with Crippen molar-refractivity contribution in [1.29, 1.82) is 0 Å². The number of esters is 2. The first kappa shape index (κ1) is 13.7. The van der Waals surface area contributed by atoms with Gasteiger partial charge in [-0.3, -0.25) is 0 Å². The van der Waals surface area contributed by atoms with Crippen molar-refractivity contribution >= 4 is 11.9 Å². The topological polar surface area (TPSA) is 72.8 Å². The van der Waals surface area contributed by atoms with Gasteiger partial charge in [0.2, 0.25) is 0 Å². The van der Waals surface area contributed by atoms with Gasteiger partial charge in [-0.1, -0.05) is 12.5 Å². The molecular formula is C12H18O5. The summed E-state index contributed by atoms with van der Waals surface area (Å²) >= 11 is 0. The van der Waals surface area contributed by atoms with Gasteiger partial charge in [-0.15, -0.1) is 0 Å². The summed E-state index contributed by atoms with van der Waals surface area (Å²) in [6.07, 6.45) is 5.82. The third-order valence-electron chi connectivity index (χ3n) is 2.97. The molecule has 1 rings (SSSR count). The molecule has 0 spiro atoms. The Bertz CT molecular complexity index is 316. The second-order valence-electron chi connectivity index (χ2n) is 4.02. The van der Waals surface area contributed by atoms with E-state index in [1.807, 2.05) is 0 Å². The van der Waals surface area contributed by atoms with Crippen LogP contribution in [-0.4, -0.2) is 36.9 Å². The monoisotopic (exact) mass is 242 g/mol. The van der Waals surface area contributed by atoms with E-state index < -0.39 is 17.5 Å². The molecule has 5 heteroatoms. The summed E-state index contributed by atoms with van der Waals surface area (Å²) < 4.78 is 9.00. The summed E-state index contributed by atoms with van der Waals surface area (Å²) in [5.41, 5.74) is -1.90. The van der Waals surface area contributed by atoms with Crippen molar-refractivity contribution in [3.8, 4) is 0 Å². The molecule has 1 aliphatic carbocycles. The van der Waals surface area contributed by atoms with E-state index in [1.54, 1.807) is 6.08 Å². The lowest BCUT2D eigenvalue weighted by molar-refractivity contribution is -0.175. The zero-order valence-corrected chi connectivity index (χ0v) is 10.2. The Labute approximate surface area is 100 Å². The number of carbonyl (C=O) groups excluding carboxylic acids is 2. The van der Waals surface area contributed by atoms with Gasteiger partial charge < -0.3 is 14.6 Å². The summed E-state index contributed by atoms with van der Waals surface area (Å²) in [7, 11) is 2.26. The highest BCUT2D eigenvalue weighted by molar-refractivity contribution is 6.06. The molecule has 0 unspecified atom stereocenters. The standard InChI is InChI=1S/C12H18O5/c1-16-10(13)12(15,11(14)17-2)9-7-5-3-4-6-8-9/h7,15H,3-6,8H2,1-2H3. The van der Waals surface area contributed by atoms with Crippen LogP contribution in [0.15, 0.2) is 11.6 Å².